The first-order chi connectivity index (χ1) is 10.3. The van der Waals surface area contributed by atoms with Crippen molar-refractivity contribution < 1.29 is 9.53 Å². The van der Waals surface area contributed by atoms with Crippen LogP contribution in [0.3, 0.4) is 0 Å². The van der Waals surface area contributed by atoms with Gasteiger partial charge in [-0.05, 0) is 36.1 Å². The van der Waals surface area contributed by atoms with Crippen LogP contribution in [0.15, 0.2) is 48.5 Å². The first-order valence-electron chi connectivity index (χ1n) is 7.58. The summed E-state index contributed by atoms with van der Waals surface area (Å²) in [4.78, 5) is 11.1. The average molecular weight is 282 g/mol. The monoisotopic (exact) mass is 282 g/mol. The molecule has 2 aromatic rings. The lowest BCUT2D eigenvalue weighted by molar-refractivity contribution is 0.112. The summed E-state index contributed by atoms with van der Waals surface area (Å²) in [5.41, 5.74) is 2.97. The summed E-state index contributed by atoms with van der Waals surface area (Å²) in [5, 5.41) is 0. The van der Waals surface area contributed by atoms with E-state index in [2.05, 4.69) is 19.1 Å². The maximum atomic E-state index is 11.1. The number of benzene rings is 2. The minimum Gasteiger partial charge on any atom is -0.494 e. The predicted molar refractivity (Wildman–Crippen MR) is 86.1 cm³/mol. The number of aldehydes is 1. The number of carbonyl (C=O) groups excluding carboxylic acids is 1. The Hall–Kier alpha value is -2.09. The second-order valence-electron chi connectivity index (χ2n) is 5.20. The summed E-state index contributed by atoms with van der Waals surface area (Å²) in [7, 11) is 0. The van der Waals surface area contributed by atoms with Crippen molar-refractivity contribution in [2.75, 3.05) is 6.61 Å². The highest BCUT2D eigenvalue weighted by molar-refractivity contribution is 5.77. The molecule has 0 heterocycles. The maximum Gasteiger partial charge on any atom is 0.150 e. The van der Waals surface area contributed by atoms with Crippen LogP contribution in [0.2, 0.25) is 0 Å². The summed E-state index contributed by atoms with van der Waals surface area (Å²) in [5.74, 6) is 0.909. The van der Waals surface area contributed by atoms with E-state index in [0.29, 0.717) is 0 Å². The Morgan fingerprint density at radius 3 is 2.71 bits per heavy atom. The summed E-state index contributed by atoms with van der Waals surface area (Å²) < 4.78 is 5.77. The van der Waals surface area contributed by atoms with Gasteiger partial charge < -0.3 is 4.74 Å². The smallest absolute Gasteiger partial charge is 0.150 e. The van der Waals surface area contributed by atoms with Gasteiger partial charge in [0.1, 0.15) is 12.0 Å². The second kappa shape index (κ2) is 8.25. The van der Waals surface area contributed by atoms with Crippen molar-refractivity contribution in [3.8, 4) is 5.75 Å². The number of hydrogen-bond donors (Lipinski definition) is 0. The highest BCUT2D eigenvalue weighted by Crippen LogP contribution is 2.18. The zero-order valence-corrected chi connectivity index (χ0v) is 12.5. The Kier molecular flexibility index (Phi) is 6.01. The molecule has 110 valence electrons. The van der Waals surface area contributed by atoms with Gasteiger partial charge in [-0.2, -0.15) is 0 Å². The van der Waals surface area contributed by atoms with Crippen molar-refractivity contribution in [3.05, 3.63) is 65.2 Å². The van der Waals surface area contributed by atoms with Gasteiger partial charge in [-0.15, -0.1) is 0 Å². The largest absolute Gasteiger partial charge is 0.494 e. The standard InChI is InChI=1S/C19H22O2/c1-2-3-6-12-21-19-11-7-8-16(14-19)13-17-9-4-5-10-18(17)15-20/h4-5,7-11,14-15H,2-3,6,12-13H2,1H3. The van der Waals surface area contributed by atoms with Crippen molar-refractivity contribution in [2.24, 2.45) is 0 Å². The van der Waals surface area contributed by atoms with Crippen molar-refractivity contribution in [1.29, 1.82) is 0 Å². The predicted octanol–water partition coefficient (Wildman–Crippen LogP) is 4.66. The number of unbranched alkanes of at least 4 members (excludes halogenated alkanes) is 2. The van der Waals surface area contributed by atoms with Crippen LogP contribution in [0.5, 0.6) is 5.75 Å². The second-order valence-corrected chi connectivity index (χ2v) is 5.20. The number of hydrogen-bond acceptors (Lipinski definition) is 2. The van der Waals surface area contributed by atoms with E-state index in [1.165, 1.54) is 12.8 Å². The fourth-order valence-electron chi connectivity index (χ4n) is 2.32. The van der Waals surface area contributed by atoms with Gasteiger partial charge >= 0.3 is 0 Å². The van der Waals surface area contributed by atoms with E-state index >= 15 is 0 Å². The van der Waals surface area contributed by atoms with Gasteiger partial charge in [0, 0.05) is 5.56 Å². The molecular formula is C19H22O2. The molecule has 2 rings (SSSR count). The van der Waals surface area contributed by atoms with Crippen LogP contribution < -0.4 is 4.74 Å². The number of carbonyl (C=O) groups is 1. The molecule has 0 unspecified atom stereocenters. The molecule has 21 heavy (non-hydrogen) atoms. The van der Waals surface area contributed by atoms with Crippen LogP contribution in [0.1, 0.15) is 47.7 Å². The minimum absolute atomic E-state index is 0.751. The van der Waals surface area contributed by atoms with Gasteiger partial charge in [-0.25, -0.2) is 0 Å². The Labute approximate surface area is 126 Å². The third-order valence-corrected chi connectivity index (χ3v) is 3.49. The van der Waals surface area contributed by atoms with E-state index in [4.69, 9.17) is 4.74 Å². The fraction of sp³-hybridized carbons (Fsp3) is 0.316. The van der Waals surface area contributed by atoms with E-state index < -0.39 is 0 Å². The Morgan fingerprint density at radius 2 is 1.90 bits per heavy atom. The average Bonchev–Trinajstić information content (AvgIpc) is 2.52. The summed E-state index contributed by atoms with van der Waals surface area (Å²) >= 11 is 0. The molecule has 0 N–H and O–H groups in total. The molecule has 0 aromatic heterocycles. The van der Waals surface area contributed by atoms with Gasteiger partial charge in [0.15, 0.2) is 0 Å². The first kappa shape index (κ1) is 15.3. The zero-order valence-electron chi connectivity index (χ0n) is 12.5. The normalized spacial score (nSPS) is 10.3. The molecular weight excluding hydrogens is 260 g/mol. The van der Waals surface area contributed by atoms with Crippen molar-refractivity contribution in [1.82, 2.24) is 0 Å². The van der Waals surface area contributed by atoms with E-state index in [0.717, 1.165) is 48.2 Å². The van der Waals surface area contributed by atoms with Gasteiger partial charge in [0.25, 0.3) is 0 Å². The molecule has 2 aromatic carbocycles. The molecule has 0 fully saturated rings. The highest BCUT2D eigenvalue weighted by Gasteiger charge is 2.03. The maximum absolute atomic E-state index is 11.1. The van der Waals surface area contributed by atoms with Crippen LogP contribution in [-0.4, -0.2) is 12.9 Å². The molecule has 0 amide bonds. The highest BCUT2D eigenvalue weighted by atomic mass is 16.5. The summed E-state index contributed by atoms with van der Waals surface area (Å²) in [6, 6.07) is 15.8. The lowest BCUT2D eigenvalue weighted by atomic mass is 10.0. The van der Waals surface area contributed by atoms with Gasteiger partial charge in [-0.3, -0.25) is 4.79 Å². The lowest BCUT2D eigenvalue weighted by Gasteiger charge is -2.09. The van der Waals surface area contributed by atoms with Crippen molar-refractivity contribution >= 4 is 6.29 Å². The molecule has 0 saturated heterocycles. The zero-order chi connectivity index (χ0) is 14.9. The molecule has 0 atom stereocenters. The molecule has 2 nitrogen and oxygen atoms in total. The molecule has 0 radical (unpaired) electrons. The van der Waals surface area contributed by atoms with Crippen LogP contribution in [0.25, 0.3) is 0 Å². The minimum atomic E-state index is 0.751. The molecule has 0 spiro atoms. The SMILES string of the molecule is CCCCCOc1cccc(Cc2ccccc2C=O)c1. The van der Waals surface area contributed by atoms with Crippen LogP contribution in [-0.2, 0) is 6.42 Å². The topological polar surface area (TPSA) is 26.3 Å². The van der Waals surface area contributed by atoms with Crippen LogP contribution in [0.4, 0.5) is 0 Å². The molecule has 0 aliphatic rings. The van der Waals surface area contributed by atoms with Crippen molar-refractivity contribution in [3.63, 3.8) is 0 Å². The van der Waals surface area contributed by atoms with Gasteiger partial charge in [-0.1, -0.05) is 56.2 Å². The van der Waals surface area contributed by atoms with E-state index in [9.17, 15) is 4.79 Å². The van der Waals surface area contributed by atoms with Gasteiger partial charge in [0.2, 0.25) is 0 Å². The molecule has 0 aliphatic carbocycles. The summed E-state index contributed by atoms with van der Waals surface area (Å²) in [6.45, 7) is 2.95. The number of ether oxygens (including phenoxy) is 1. The number of rotatable bonds is 8. The third kappa shape index (κ3) is 4.75. The van der Waals surface area contributed by atoms with Crippen LogP contribution in [0, 0.1) is 0 Å². The summed E-state index contributed by atoms with van der Waals surface area (Å²) in [6.07, 6.45) is 5.16. The first-order valence-corrected chi connectivity index (χ1v) is 7.58. The van der Waals surface area contributed by atoms with E-state index in [1.54, 1.807) is 0 Å². The lowest BCUT2D eigenvalue weighted by Crippen LogP contribution is -1.98. The fourth-order valence-corrected chi connectivity index (χ4v) is 2.32. The van der Waals surface area contributed by atoms with Gasteiger partial charge in [0.05, 0.1) is 6.61 Å². The van der Waals surface area contributed by atoms with E-state index in [1.807, 2.05) is 36.4 Å². The van der Waals surface area contributed by atoms with Crippen LogP contribution >= 0.6 is 0 Å². The molecule has 0 aliphatic heterocycles. The Morgan fingerprint density at radius 1 is 1.05 bits per heavy atom. The third-order valence-electron chi connectivity index (χ3n) is 3.49. The van der Waals surface area contributed by atoms with E-state index in [-0.39, 0.29) is 0 Å². The Balaban J connectivity index is 2.02. The molecule has 0 bridgehead atoms. The quantitative estimate of drug-likeness (QED) is 0.520. The molecule has 0 saturated carbocycles. The Bertz CT molecular complexity index is 575. The molecule has 2 heteroatoms. The van der Waals surface area contributed by atoms with Crippen molar-refractivity contribution in [2.45, 2.75) is 32.6 Å².